The SMILES string of the molecule is C=C(/C=C\C(=C(C)C)c1ccc(/C=C/c2ccc3c(ccc4cc(N5c6ccccc6C=Cc6ccccc65)ccc43)c2)cc1C(C)(C)C)N1c2ccccc2N(c2ccccc2)c2ccccc21. The molecule has 3 nitrogen and oxygen atoms in total. The zero-order valence-electron chi connectivity index (χ0n) is 40.0. The van der Waals surface area contributed by atoms with Gasteiger partial charge in [0, 0.05) is 17.1 Å². The Morgan fingerprint density at radius 2 is 0.942 bits per heavy atom. The van der Waals surface area contributed by atoms with Crippen LogP contribution in [0.3, 0.4) is 0 Å². The Kier molecular flexibility index (Phi) is 11.1. The summed E-state index contributed by atoms with van der Waals surface area (Å²) in [6.45, 7) is 16.0. The smallest absolute Gasteiger partial charge is 0.0703 e. The van der Waals surface area contributed by atoms with Crippen molar-refractivity contribution < 1.29 is 0 Å². The van der Waals surface area contributed by atoms with Gasteiger partial charge in [0.2, 0.25) is 0 Å². The van der Waals surface area contributed by atoms with E-state index in [4.69, 9.17) is 6.58 Å². The minimum absolute atomic E-state index is 0.100. The van der Waals surface area contributed by atoms with Crippen molar-refractivity contribution in [2.75, 3.05) is 14.7 Å². The van der Waals surface area contributed by atoms with E-state index in [0.717, 1.165) is 39.8 Å². The van der Waals surface area contributed by atoms with Crippen molar-refractivity contribution >= 4 is 96.9 Å². The highest BCUT2D eigenvalue weighted by Gasteiger charge is 2.30. The van der Waals surface area contributed by atoms with Crippen molar-refractivity contribution in [3.8, 4) is 0 Å². The van der Waals surface area contributed by atoms with Crippen LogP contribution in [-0.2, 0) is 5.41 Å². The molecule has 0 radical (unpaired) electrons. The van der Waals surface area contributed by atoms with E-state index in [0.29, 0.717) is 0 Å². The molecule has 0 bridgehead atoms. The van der Waals surface area contributed by atoms with Gasteiger partial charge in [-0.15, -0.1) is 0 Å². The second kappa shape index (κ2) is 17.7. The molecule has 2 heterocycles. The number of para-hydroxylation sites is 7. The Hall–Kier alpha value is -8.40. The quantitative estimate of drug-likeness (QED) is 0.0855. The molecule has 334 valence electrons. The normalized spacial score (nSPS) is 13.1. The topological polar surface area (TPSA) is 9.72 Å². The van der Waals surface area contributed by atoms with Crippen LogP contribution in [0.15, 0.2) is 224 Å². The predicted octanol–water partition coefficient (Wildman–Crippen LogP) is 18.9. The number of nitrogens with zero attached hydrogens (tertiary/aromatic N) is 3. The summed E-state index contributed by atoms with van der Waals surface area (Å²) in [4.78, 5) is 7.03. The van der Waals surface area contributed by atoms with E-state index in [2.05, 4.69) is 280 Å². The van der Waals surface area contributed by atoms with Crippen molar-refractivity contribution in [3.63, 3.8) is 0 Å². The molecule has 2 aliphatic rings. The van der Waals surface area contributed by atoms with Crippen molar-refractivity contribution in [3.05, 3.63) is 258 Å². The van der Waals surface area contributed by atoms with Crippen LogP contribution in [0, 0.1) is 0 Å². The Morgan fingerprint density at radius 3 is 1.54 bits per heavy atom. The van der Waals surface area contributed by atoms with Gasteiger partial charge in [-0.25, -0.2) is 0 Å². The third-order valence-electron chi connectivity index (χ3n) is 13.5. The second-order valence-corrected chi connectivity index (χ2v) is 19.3. The minimum atomic E-state index is -0.100. The molecule has 2 aliphatic heterocycles. The van der Waals surface area contributed by atoms with Gasteiger partial charge in [-0.1, -0.05) is 191 Å². The molecule has 3 heteroatoms. The Bertz CT molecular complexity index is 3500. The fraction of sp³-hybridized carbons (Fsp3) is 0.0909. The summed E-state index contributed by atoms with van der Waals surface area (Å²) in [5.74, 6) is 0. The van der Waals surface area contributed by atoms with E-state index in [9.17, 15) is 0 Å². The number of hydrogen-bond acceptors (Lipinski definition) is 3. The Morgan fingerprint density at radius 1 is 0.449 bits per heavy atom. The molecule has 0 aliphatic carbocycles. The molecule has 0 saturated carbocycles. The van der Waals surface area contributed by atoms with Crippen LogP contribution in [0.4, 0.5) is 45.5 Å². The lowest BCUT2D eigenvalue weighted by atomic mass is 9.80. The number of benzene rings is 9. The van der Waals surface area contributed by atoms with E-state index >= 15 is 0 Å². The summed E-state index contributed by atoms with van der Waals surface area (Å²) in [6, 6.07) is 70.3. The molecule has 9 aromatic carbocycles. The van der Waals surface area contributed by atoms with Crippen molar-refractivity contribution in [2.45, 2.75) is 40.0 Å². The number of allylic oxidation sites excluding steroid dienone is 4. The average molecular weight is 890 g/mol. The van der Waals surface area contributed by atoms with Crippen LogP contribution in [0.1, 0.15) is 68.0 Å². The number of hydrogen-bond donors (Lipinski definition) is 0. The van der Waals surface area contributed by atoms with E-state index in [-0.39, 0.29) is 5.41 Å². The molecule has 0 saturated heterocycles. The molecular weight excluding hydrogens is 835 g/mol. The van der Waals surface area contributed by atoms with Gasteiger partial charge in [0.1, 0.15) is 0 Å². The third-order valence-corrected chi connectivity index (χ3v) is 13.5. The van der Waals surface area contributed by atoms with Crippen LogP contribution >= 0.6 is 0 Å². The minimum Gasteiger partial charge on any atom is -0.309 e. The molecule has 9 aromatic rings. The van der Waals surface area contributed by atoms with Gasteiger partial charge in [-0.2, -0.15) is 0 Å². The number of fused-ring (bicyclic) bond motifs is 7. The molecule has 0 atom stereocenters. The molecule has 0 N–H and O–H groups in total. The van der Waals surface area contributed by atoms with Crippen LogP contribution < -0.4 is 14.7 Å². The van der Waals surface area contributed by atoms with Crippen LogP contribution in [0.25, 0.3) is 51.4 Å². The van der Waals surface area contributed by atoms with Crippen LogP contribution in [-0.4, -0.2) is 0 Å². The number of anilines is 8. The first-order valence-corrected chi connectivity index (χ1v) is 23.9. The highest BCUT2D eigenvalue weighted by atomic mass is 15.3. The van der Waals surface area contributed by atoms with E-state index in [1.54, 1.807) is 0 Å². The van der Waals surface area contributed by atoms with Crippen molar-refractivity contribution in [1.29, 1.82) is 0 Å². The molecular formula is C66H55N3. The van der Waals surface area contributed by atoms with Crippen molar-refractivity contribution in [2.24, 2.45) is 0 Å². The Balaban J connectivity index is 0.872. The maximum atomic E-state index is 4.69. The monoisotopic (exact) mass is 889 g/mol. The molecule has 0 unspecified atom stereocenters. The zero-order chi connectivity index (χ0) is 47.2. The summed E-state index contributed by atoms with van der Waals surface area (Å²) in [5, 5.41) is 4.95. The van der Waals surface area contributed by atoms with Gasteiger partial charge in [0.25, 0.3) is 0 Å². The third kappa shape index (κ3) is 8.06. The highest BCUT2D eigenvalue weighted by Crippen LogP contribution is 2.52. The van der Waals surface area contributed by atoms with E-state index < -0.39 is 0 Å². The maximum Gasteiger partial charge on any atom is 0.0703 e. The summed E-state index contributed by atoms with van der Waals surface area (Å²) in [7, 11) is 0. The lowest BCUT2D eigenvalue weighted by Gasteiger charge is -2.40. The Labute approximate surface area is 407 Å². The van der Waals surface area contributed by atoms with Gasteiger partial charge in [0.05, 0.1) is 34.1 Å². The second-order valence-electron chi connectivity index (χ2n) is 19.3. The number of rotatable bonds is 8. The molecule has 0 amide bonds. The van der Waals surface area contributed by atoms with Gasteiger partial charge in [-0.05, 0) is 153 Å². The van der Waals surface area contributed by atoms with Crippen LogP contribution in [0.5, 0.6) is 0 Å². The van der Waals surface area contributed by atoms with Gasteiger partial charge < -0.3 is 14.7 Å². The van der Waals surface area contributed by atoms with Gasteiger partial charge in [0.15, 0.2) is 0 Å². The van der Waals surface area contributed by atoms with Crippen LogP contribution in [0.2, 0.25) is 0 Å². The molecule has 0 aromatic heterocycles. The largest absolute Gasteiger partial charge is 0.309 e. The summed E-state index contributed by atoms with van der Waals surface area (Å²) >= 11 is 0. The summed E-state index contributed by atoms with van der Waals surface area (Å²) in [6.07, 6.45) is 13.4. The lowest BCUT2D eigenvalue weighted by Crippen LogP contribution is -2.25. The first-order valence-electron chi connectivity index (χ1n) is 23.9. The van der Waals surface area contributed by atoms with E-state index in [1.807, 2.05) is 0 Å². The summed E-state index contributed by atoms with van der Waals surface area (Å²) < 4.78 is 0. The zero-order valence-corrected chi connectivity index (χ0v) is 40.0. The predicted molar refractivity (Wildman–Crippen MR) is 299 cm³/mol. The molecule has 11 rings (SSSR count). The standard InChI is InChI=1S/C66H55N3/c1-45(2)55(38-28-46(3)67-62-24-14-16-26-64(62)68(53-20-8-7-9-21-53)65-27-17-15-25-63(65)67)58-40-32-48(43-59(58)66(4,5)6)30-29-47-31-39-56-51(42-47)35-36-52-44-54(37-41-57(52)56)69-60-22-12-10-18-49(60)33-34-50-19-11-13-23-61(50)69/h7-44H,3H2,1-2,4-6H3/b30-29+,38-28-. The molecule has 69 heavy (non-hydrogen) atoms. The lowest BCUT2D eigenvalue weighted by molar-refractivity contribution is 0.588. The van der Waals surface area contributed by atoms with Gasteiger partial charge in [-0.3, -0.25) is 0 Å². The fourth-order valence-corrected chi connectivity index (χ4v) is 10.2. The first kappa shape index (κ1) is 43.2. The molecule has 0 fully saturated rings. The van der Waals surface area contributed by atoms with Crippen molar-refractivity contribution in [1.82, 2.24) is 0 Å². The maximum absolute atomic E-state index is 4.69. The fourth-order valence-electron chi connectivity index (χ4n) is 10.2. The molecule has 0 spiro atoms. The van der Waals surface area contributed by atoms with E-state index in [1.165, 1.54) is 77.4 Å². The first-order chi connectivity index (χ1) is 33.6. The average Bonchev–Trinajstić information content (AvgIpc) is 3.54. The highest BCUT2D eigenvalue weighted by molar-refractivity contribution is 6.09. The summed E-state index contributed by atoms with van der Waals surface area (Å²) in [5.41, 5.74) is 19.6. The van der Waals surface area contributed by atoms with Gasteiger partial charge >= 0.3 is 0 Å².